The van der Waals surface area contributed by atoms with Crippen LogP contribution in [0.4, 0.5) is 0 Å². The summed E-state index contributed by atoms with van der Waals surface area (Å²) in [5.41, 5.74) is 0.431. The number of carbonyl (C=O) groups excluding carboxylic acids is 1. The number of aromatic amines is 1. The van der Waals surface area contributed by atoms with Crippen molar-refractivity contribution in [2.75, 3.05) is 6.61 Å². The fourth-order valence-electron chi connectivity index (χ4n) is 1.04. The molecule has 4 nitrogen and oxygen atoms in total. The molecule has 0 fully saturated rings. The molecule has 1 N–H and O–H groups in total. The van der Waals surface area contributed by atoms with Gasteiger partial charge in [0, 0.05) is 12.5 Å². The van der Waals surface area contributed by atoms with Gasteiger partial charge in [0.1, 0.15) is 25.5 Å². The fourth-order valence-corrected chi connectivity index (χ4v) is 1.04. The summed E-state index contributed by atoms with van der Waals surface area (Å²) in [5.74, 6) is 0.704. The Balaban J connectivity index is 2.32. The Bertz CT molecular complexity index is 342. The number of hydrogen-bond acceptors (Lipinski definition) is 2. The highest BCUT2D eigenvalue weighted by atomic mass is 16.5. The Morgan fingerprint density at radius 2 is 2.43 bits per heavy atom. The van der Waals surface area contributed by atoms with Crippen molar-refractivity contribution in [2.24, 2.45) is 0 Å². The van der Waals surface area contributed by atoms with E-state index in [-0.39, 0.29) is 5.97 Å². The Morgan fingerprint density at radius 3 is 2.93 bits per heavy atom. The monoisotopic (exact) mass is 195 g/mol. The molecule has 0 atom stereocenters. The van der Waals surface area contributed by atoms with Crippen molar-refractivity contribution in [1.82, 2.24) is 4.98 Å². The van der Waals surface area contributed by atoms with Gasteiger partial charge in [-0.25, -0.2) is 14.3 Å². The van der Waals surface area contributed by atoms with E-state index in [1.807, 2.05) is 23.9 Å². The van der Waals surface area contributed by atoms with Crippen LogP contribution in [0.1, 0.15) is 12.7 Å². The number of ether oxygens (including phenoxy) is 1. The van der Waals surface area contributed by atoms with Gasteiger partial charge in [-0.15, -0.1) is 0 Å². The van der Waals surface area contributed by atoms with Crippen LogP contribution < -0.4 is 4.57 Å². The Morgan fingerprint density at radius 1 is 1.71 bits per heavy atom. The molecule has 14 heavy (non-hydrogen) atoms. The maximum absolute atomic E-state index is 11.0. The van der Waals surface area contributed by atoms with Crippen LogP contribution in [0.25, 0.3) is 0 Å². The van der Waals surface area contributed by atoms with Gasteiger partial charge in [0.15, 0.2) is 0 Å². The summed E-state index contributed by atoms with van der Waals surface area (Å²) >= 11 is 0. The van der Waals surface area contributed by atoms with Gasteiger partial charge in [0.2, 0.25) is 0 Å². The van der Waals surface area contributed by atoms with E-state index in [0.717, 1.165) is 5.82 Å². The normalized spacial score (nSPS) is 9.86. The highest BCUT2D eigenvalue weighted by molar-refractivity contribution is 5.86. The van der Waals surface area contributed by atoms with Gasteiger partial charge in [0.05, 0.1) is 0 Å². The number of nitrogens with zero attached hydrogens (tertiary/aromatic N) is 1. The van der Waals surface area contributed by atoms with Crippen molar-refractivity contribution in [1.29, 1.82) is 0 Å². The van der Waals surface area contributed by atoms with E-state index < -0.39 is 0 Å². The third-order valence-corrected chi connectivity index (χ3v) is 1.89. The molecule has 1 aromatic heterocycles. The second-order valence-electron chi connectivity index (χ2n) is 3.16. The van der Waals surface area contributed by atoms with Crippen LogP contribution in [-0.2, 0) is 16.1 Å². The van der Waals surface area contributed by atoms with Crippen molar-refractivity contribution >= 4 is 5.97 Å². The predicted octanol–water partition coefficient (Wildman–Crippen LogP) is 0.730. The average molecular weight is 195 g/mol. The first-order chi connectivity index (χ1) is 6.61. The van der Waals surface area contributed by atoms with Gasteiger partial charge in [-0.3, -0.25) is 0 Å². The number of hydrogen-bond donors (Lipinski definition) is 1. The maximum atomic E-state index is 11.0. The molecule has 0 unspecified atom stereocenters. The second kappa shape index (κ2) is 4.60. The second-order valence-corrected chi connectivity index (χ2v) is 3.16. The number of carbonyl (C=O) groups is 1. The minimum atomic E-state index is -0.334. The summed E-state index contributed by atoms with van der Waals surface area (Å²) in [5, 5.41) is 0. The number of rotatable bonds is 4. The third kappa shape index (κ3) is 2.73. The molecule has 76 valence electrons. The zero-order chi connectivity index (χ0) is 10.6. The van der Waals surface area contributed by atoms with Gasteiger partial charge < -0.3 is 4.74 Å². The molecule has 0 aromatic carbocycles. The molecule has 0 aliphatic carbocycles. The average Bonchev–Trinajstić information content (AvgIpc) is 2.51. The van der Waals surface area contributed by atoms with Crippen LogP contribution >= 0.6 is 0 Å². The summed E-state index contributed by atoms with van der Waals surface area (Å²) in [6.07, 6.45) is 3.75. The Kier molecular flexibility index (Phi) is 3.45. The lowest BCUT2D eigenvalue weighted by Gasteiger charge is -2.02. The molecule has 0 spiro atoms. The summed E-state index contributed by atoms with van der Waals surface area (Å²) in [4.78, 5) is 14.1. The quantitative estimate of drug-likeness (QED) is 0.437. The number of H-pyrrole nitrogens is 1. The molecular weight excluding hydrogens is 180 g/mol. The zero-order valence-electron chi connectivity index (χ0n) is 8.54. The van der Waals surface area contributed by atoms with E-state index in [9.17, 15) is 4.79 Å². The predicted molar refractivity (Wildman–Crippen MR) is 51.5 cm³/mol. The molecule has 0 saturated heterocycles. The third-order valence-electron chi connectivity index (χ3n) is 1.89. The fraction of sp³-hybridized carbons (Fsp3) is 0.400. The molecule has 0 radical (unpaired) electrons. The van der Waals surface area contributed by atoms with Gasteiger partial charge in [-0.2, -0.15) is 0 Å². The van der Waals surface area contributed by atoms with E-state index >= 15 is 0 Å². The highest BCUT2D eigenvalue weighted by Crippen LogP contribution is 1.91. The minimum absolute atomic E-state index is 0.334. The first-order valence-electron chi connectivity index (χ1n) is 4.47. The first kappa shape index (κ1) is 10.5. The van der Waals surface area contributed by atoms with Crippen LogP contribution in [0, 0.1) is 6.92 Å². The van der Waals surface area contributed by atoms with Gasteiger partial charge in [0.25, 0.3) is 5.82 Å². The molecule has 0 amide bonds. The van der Waals surface area contributed by atoms with Crippen molar-refractivity contribution in [2.45, 2.75) is 20.4 Å². The summed E-state index contributed by atoms with van der Waals surface area (Å²) in [6.45, 7) is 8.13. The van der Waals surface area contributed by atoms with Crippen LogP contribution in [0.15, 0.2) is 24.5 Å². The van der Waals surface area contributed by atoms with E-state index in [1.165, 1.54) is 0 Å². The minimum Gasteiger partial charge on any atom is -0.458 e. The molecule has 0 bridgehead atoms. The Labute approximate surface area is 83.2 Å². The van der Waals surface area contributed by atoms with Crippen LogP contribution in [-0.4, -0.2) is 17.6 Å². The molecular formula is C10H15N2O2+. The first-order valence-corrected chi connectivity index (χ1v) is 4.47. The SMILES string of the molecule is C=C(C)C(=O)OCC[n+]1cc[nH]c1C. The summed E-state index contributed by atoms with van der Waals surface area (Å²) in [7, 11) is 0. The standard InChI is InChI=1S/C10H14N2O2/c1-8(2)10(13)14-7-6-12-5-4-11-9(12)3/h4-5H,1,6-7H2,2-3H3/p+1. The topological polar surface area (TPSA) is 46.0 Å². The lowest BCUT2D eigenvalue weighted by Crippen LogP contribution is -2.37. The van der Waals surface area contributed by atoms with Crippen LogP contribution in [0.3, 0.4) is 0 Å². The molecule has 0 saturated carbocycles. The summed E-state index contributed by atoms with van der Waals surface area (Å²) < 4.78 is 6.94. The maximum Gasteiger partial charge on any atom is 0.333 e. The van der Waals surface area contributed by atoms with E-state index in [2.05, 4.69) is 11.6 Å². The van der Waals surface area contributed by atoms with Crippen LogP contribution in [0.5, 0.6) is 0 Å². The number of aromatic nitrogens is 2. The van der Waals surface area contributed by atoms with Gasteiger partial charge >= 0.3 is 5.97 Å². The number of nitrogens with one attached hydrogen (secondary N) is 1. The Hall–Kier alpha value is -1.58. The van der Waals surface area contributed by atoms with E-state index in [4.69, 9.17) is 4.74 Å². The van der Waals surface area contributed by atoms with Gasteiger partial charge in [-0.1, -0.05) is 6.58 Å². The van der Waals surface area contributed by atoms with Gasteiger partial charge in [-0.05, 0) is 6.92 Å². The van der Waals surface area contributed by atoms with E-state index in [0.29, 0.717) is 18.7 Å². The lowest BCUT2D eigenvalue weighted by atomic mass is 10.4. The molecule has 1 heterocycles. The van der Waals surface area contributed by atoms with Crippen molar-refractivity contribution < 1.29 is 14.1 Å². The van der Waals surface area contributed by atoms with Crippen molar-refractivity contribution in [3.8, 4) is 0 Å². The molecule has 0 aliphatic rings. The number of imidazole rings is 1. The lowest BCUT2D eigenvalue weighted by molar-refractivity contribution is -0.702. The number of aryl methyl sites for hydroxylation is 1. The van der Waals surface area contributed by atoms with E-state index in [1.54, 1.807) is 6.92 Å². The van der Waals surface area contributed by atoms with Crippen molar-refractivity contribution in [3.05, 3.63) is 30.4 Å². The molecule has 4 heteroatoms. The van der Waals surface area contributed by atoms with Crippen molar-refractivity contribution in [3.63, 3.8) is 0 Å². The largest absolute Gasteiger partial charge is 0.458 e. The summed E-state index contributed by atoms with van der Waals surface area (Å²) in [6, 6.07) is 0. The molecule has 1 rings (SSSR count). The van der Waals surface area contributed by atoms with Crippen LogP contribution in [0.2, 0.25) is 0 Å². The zero-order valence-corrected chi connectivity index (χ0v) is 8.54. The number of esters is 1. The molecule has 0 aliphatic heterocycles. The molecule has 1 aromatic rings. The highest BCUT2D eigenvalue weighted by Gasteiger charge is 2.06. The smallest absolute Gasteiger partial charge is 0.333 e.